The lowest BCUT2D eigenvalue weighted by Gasteiger charge is -1.90. The summed E-state index contributed by atoms with van der Waals surface area (Å²) in [6.07, 6.45) is 2.76. The standard InChI is InChI=1S/C10H12O4.C8H8O4/c1-5(2)7-9(11)14-8(6(3)4)10(12)13-7;1-3-5-7(9)12-6(4-2)8(10)11-5/h1-4H3;3-4H,1-2H3/b;5-3-,6-4-. The summed E-state index contributed by atoms with van der Waals surface area (Å²) in [5.41, 5.74) is -1.40. The molecule has 26 heavy (non-hydrogen) atoms. The topological polar surface area (TPSA) is 121 Å². The van der Waals surface area contributed by atoms with Gasteiger partial charge in [-0.1, -0.05) is 0 Å². The largest absolute Gasteiger partial charge is 0.413 e. The molecule has 0 aliphatic carbocycles. The normalized spacial score (nSPS) is 11.8. The van der Waals surface area contributed by atoms with Crippen LogP contribution >= 0.6 is 0 Å². The van der Waals surface area contributed by atoms with Crippen LogP contribution in [0.25, 0.3) is 23.3 Å². The minimum atomic E-state index is -0.634. The lowest BCUT2D eigenvalue weighted by Crippen LogP contribution is -2.39. The van der Waals surface area contributed by atoms with Crippen LogP contribution in [0, 0.1) is 0 Å². The van der Waals surface area contributed by atoms with E-state index in [1.807, 2.05) is 0 Å². The highest BCUT2D eigenvalue weighted by atomic mass is 16.5. The second kappa shape index (κ2) is 8.80. The Bertz CT molecular complexity index is 1150. The molecule has 0 atom stereocenters. The minimum Gasteiger partial charge on any atom is -0.413 e. The van der Waals surface area contributed by atoms with E-state index in [1.165, 1.54) is 12.2 Å². The van der Waals surface area contributed by atoms with Crippen LogP contribution < -0.4 is 44.2 Å². The van der Waals surface area contributed by atoms with Crippen molar-refractivity contribution in [3.05, 3.63) is 63.3 Å². The van der Waals surface area contributed by atoms with Crippen LogP contribution in [0.15, 0.2) is 36.8 Å². The van der Waals surface area contributed by atoms with Gasteiger partial charge in [0, 0.05) is 0 Å². The van der Waals surface area contributed by atoms with E-state index in [2.05, 4.69) is 8.83 Å². The first kappa shape index (κ1) is 20.9. The summed E-state index contributed by atoms with van der Waals surface area (Å²) in [7, 11) is 0. The van der Waals surface area contributed by atoms with Crippen molar-refractivity contribution in [3.8, 4) is 0 Å². The van der Waals surface area contributed by atoms with Crippen molar-refractivity contribution in [2.24, 2.45) is 0 Å². The van der Waals surface area contributed by atoms with Crippen molar-refractivity contribution in [1.82, 2.24) is 0 Å². The van der Waals surface area contributed by atoms with Crippen LogP contribution in [0.3, 0.4) is 0 Å². The molecular formula is C18H20O8. The third kappa shape index (κ3) is 4.92. The van der Waals surface area contributed by atoms with Gasteiger partial charge in [0.05, 0.1) is 0 Å². The van der Waals surface area contributed by atoms with E-state index in [9.17, 15) is 19.2 Å². The van der Waals surface area contributed by atoms with Gasteiger partial charge in [0.15, 0.2) is 0 Å². The van der Waals surface area contributed by atoms with Crippen LogP contribution in [0.5, 0.6) is 0 Å². The van der Waals surface area contributed by atoms with E-state index >= 15 is 0 Å². The second-order valence-electron chi connectivity index (χ2n) is 5.52. The van der Waals surface area contributed by atoms with E-state index in [0.717, 1.165) is 0 Å². The van der Waals surface area contributed by atoms with Gasteiger partial charge in [-0.2, -0.15) is 0 Å². The van der Waals surface area contributed by atoms with Crippen molar-refractivity contribution in [3.63, 3.8) is 0 Å². The van der Waals surface area contributed by atoms with Gasteiger partial charge in [0.1, 0.15) is 0 Å². The molecule has 0 radical (unpaired) electrons. The van der Waals surface area contributed by atoms with Gasteiger partial charge in [-0.05, 0) is 64.8 Å². The molecule has 2 heterocycles. The zero-order valence-electron chi connectivity index (χ0n) is 15.4. The summed E-state index contributed by atoms with van der Waals surface area (Å²) in [5.74, 6) is 0. The van der Waals surface area contributed by atoms with E-state index in [-0.39, 0.29) is 21.7 Å². The van der Waals surface area contributed by atoms with E-state index in [0.29, 0.717) is 11.1 Å². The molecule has 0 aliphatic rings. The molecule has 0 amide bonds. The fourth-order valence-corrected chi connectivity index (χ4v) is 1.71. The Morgan fingerprint density at radius 2 is 0.885 bits per heavy atom. The van der Waals surface area contributed by atoms with Crippen molar-refractivity contribution in [2.45, 2.75) is 41.5 Å². The molecule has 0 saturated carbocycles. The Morgan fingerprint density at radius 1 is 0.577 bits per heavy atom. The quantitative estimate of drug-likeness (QED) is 0.594. The highest BCUT2D eigenvalue weighted by Gasteiger charge is 2.02. The highest BCUT2D eigenvalue weighted by Crippen LogP contribution is 1.82. The first-order chi connectivity index (χ1) is 12.1. The lowest BCUT2D eigenvalue weighted by molar-refractivity contribution is 0.342. The summed E-state index contributed by atoms with van der Waals surface area (Å²) in [5, 5.41) is 0. The third-order valence-corrected chi connectivity index (χ3v) is 3.00. The zero-order valence-corrected chi connectivity index (χ0v) is 15.4. The van der Waals surface area contributed by atoms with Gasteiger partial charge in [0.2, 0.25) is 21.7 Å². The van der Waals surface area contributed by atoms with Gasteiger partial charge in [0.25, 0.3) is 0 Å². The monoisotopic (exact) mass is 364 g/mol. The zero-order chi connectivity index (χ0) is 20.0. The van der Waals surface area contributed by atoms with E-state index in [1.54, 1.807) is 41.5 Å². The molecule has 2 aromatic heterocycles. The summed E-state index contributed by atoms with van der Waals surface area (Å²) >= 11 is 0. The molecule has 0 bridgehead atoms. The van der Waals surface area contributed by atoms with Crippen molar-refractivity contribution in [1.29, 1.82) is 0 Å². The molecule has 0 saturated heterocycles. The average Bonchev–Trinajstić information content (AvgIpc) is 2.58. The summed E-state index contributed by atoms with van der Waals surface area (Å²) in [6, 6.07) is 0. The SMILES string of the molecule is C/C=c1\oc(=O)/c(=C/C)oc1=O.CC(C)=c1oc(=O)c(=C(C)C)oc1=O. The van der Waals surface area contributed by atoms with Gasteiger partial charge < -0.3 is 17.7 Å². The molecule has 8 nitrogen and oxygen atoms in total. The van der Waals surface area contributed by atoms with Crippen LogP contribution in [0.4, 0.5) is 0 Å². The molecule has 0 spiro atoms. The maximum absolute atomic E-state index is 11.3. The Morgan fingerprint density at radius 3 is 1.12 bits per heavy atom. The van der Waals surface area contributed by atoms with Gasteiger partial charge >= 0.3 is 22.5 Å². The molecule has 2 rings (SSSR count). The smallest absolute Gasteiger partial charge is 0.379 e. The Kier molecular flexibility index (Phi) is 7.06. The first-order valence-electron chi connectivity index (χ1n) is 7.68. The van der Waals surface area contributed by atoms with Crippen molar-refractivity contribution < 1.29 is 17.7 Å². The van der Waals surface area contributed by atoms with Crippen LogP contribution in [0.1, 0.15) is 41.5 Å². The summed E-state index contributed by atoms with van der Waals surface area (Å²) in [4.78, 5) is 44.5. The molecule has 0 aromatic carbocycles. The fourth-order valence-electron chi connectivity index (χ4n) is 1.71. The Labute approximate surface area is 146 Å². The van der Waals surface area contributed by atoms with Crippen LogP contribution in [-0.4, -0.2) is 0 Å². The number of hydrogen-bond donors (Lipinski definition) is 0. The Hall–Kier alpha value is -3.16. The molecule has 8 heteroatoms. The molecular weight excluding hydrogens is 344 g/mol. The summed E-state index contributed by atoms with van der Waals surface area (Å²) in [6.45, 7) is 9.89. The van der Waals surface area contributed by atoms with E-state index in [4.69, 9.17) is 8.83 Å². The maximum Gasteiger partial charge on any atom is 0.379 e. The highest BCUT2D eigenvalue weighted by molar-refractivity contribution is 5.34. The van der Waals surface area contributed by atoms with Gasteiger partial charge in [-0.25, -0.2) is 19.2 Å². The van der Waals surface area contributed by atoms with Crippen LogP contribution in [0.2, 0.25) is 0 Å². The third-order valence-electron chi connectivity index (χ3n) is 3.00. The summed E-state index contributed by atoms with van der Waals surface area (Å²) < 4.78 is 18.9. The maximum atomic E-state index is 11.3. The van der Waals surface area contributed by atoms with E-state index < -0.39 is 22.5 Å². The second-order valence-corrected chi connectivity index (χ2v) is 5.52. The molecule has 0 N–H and O–H groups in total. The number of hydrogen-bond acceptors (Lipinski definition) is 8. The molecule has 0 fully saturated rings. The number of rotatable bonds is 0. The van der Waals surface area contributed by atoms with Gasteiger partial charge in [-0.3, -0.25) is 0 Å². The molecule has 140 valence electrons. The van der Waals surface area contributed by atoms with Crippen molar-refractivity contribution in [2.75, 3.05) is 0 Å². The predicted molar refractivity (Wildman–Crippen MR) is 95.3 cm³/mol. The van der Waals surface area contributed by atoms with Gasteiger partial charge in [-0.15, -0.1) is 0 Å². The molecule has 2 aromatic rings. The average molecular weight is 364 g/mol. The Balaban J connectivity index is 0.000000263. The predicted octanol–water partition coefficient (Wildman–Crippen LogP) is -0.832. The first-order valence-corrected chi connectivity index (χ1v) is 7.68. The van der Waals surface area contributed by atoms with Crippen LogP contribution in [-0.2, 0) is 0 Å². The van der Waals surface area contributed by atoms with Crippen molar-refractivity contribution >= 4 is 23.3 Å². The minimum absolute atomic E-state index is 0.0139. The molecule has 0 aliphatic heterocycles. The fraction of sp³-hybridized carbons (Fsp3) is 0.333. The lowest BCUT2D eigenvalue weighted by atomic mass is 10.3. The molecule has 0 unspecified atom stereocenters.